The van der Waals surface area contributed by atoms with E-state index >= 15 is 0 Å². The van der Waals surface area contributed by atoms with Gasteiger partial charge in [0.25, 0.3) is 0 Å². The summed E-state index contributed by atoms with van der Waals surface area (Å²) in [6, 6.07) is 0. The van der Waals surface area contributed by atoms with Crippen molar-refractivity contribution in [3.05, 3.63) is 6.92 Å². The third-order valence-electron chi connectivity index (χ3n) is 2.13. The van der Waals surface area contributed by atoms with Crippen molar-refractivity contribution >= 4 is 0 Å². The van der Waals surface area contributed by atoms with Crippen LogP contribution in [0.4, 0.5) is 0 Å². The molecule has 3 nitrogen and oxygen atoms in total. The molecule has 0 bridgehead atoms. The van der Waals surface area contributed by atoms with Crippen LogP contribution in [0.25, 0.3) is 0 Å². The maximum atomic E-state index is 5.59. The second-order valence-corrected chi connectivity index (χ2v) is 3.00. The van der Waals surface area contributed by atoms with Gasteiger partial charge in [0.05, 0.1) is 19.3 Å². The van der Waals surface area contributed by atoms with Crippen LogP contribution in [0, 0.1) is 6.92 Å². The fourth-order valence-electron chi connectivity index (χ4n) is 1.47. The molecular formula is C8H12O3. The normalized spacial score (nSPS) is 43.9. The van der Waals surface area contributed by atoms with E-state index in [4.69, 9.17) is 21.1 Å². The van der Waals surface area contributed by atoms with Crippen LogP contribution in [0.2, 0.25) is 0 Å². The Balaban J connectivity index is 1.96. The monoisotopic (exact) mass is 156 g/mol. The molecule has 0 aromatic heterocycles. The van der Waals surface area contributed by atoms with Crippen molar-refractivity contribution in [3.8, 4) is 0 Å². The van der Waals surface area contributed by atoms with Gasteiger partial charge >= 0.3 is 0 Å². The molecule has 2 aliphatic heterocycles. The molecule has 11 heavy (non-hydrogen) atoms. The SMILES string of the molecule is [CH]CC1COC2(CCOC2)O1. The van der Waals surface area contributed by atoms with E-state index in [0.717, 1.165) is 13.0 Å². The molecule has 0 aliphatic carbocycles. The Morgan fingerprint density at radius 1 is 1.55 bits per heavy atom. The molecule has 0 saturated carbocycles. The lowest BCUT2D eigenvalue weighted by Crippen LogP contribution is -2.30. The molecule has 0 N–H and O–H groups in total. The van der Waals surface area contributed by atoms with Gasteiger partial charge in [-0.1, -0.05) is 0 Å². The highest BCUT2D eigenvalue weighted by atomic mass is 16.8. The molecule has 2 aliphatic rings. The lowest BCUT2D eigenvalue weighted by Gasteiger charge is -2.19. The molecular weight excluding hydrogens is 144 g/mol. The van der Waals surface area contributed by atoms with Crippen LogP contribution in [-0.2, 0) is 14.2 Å². The first-order valence-electron chi connectivity index (χ1n) is 3.94. The first-order valence-corrected chi connectivity index (χ1v) is 3.94. The predicted molar refractivity (Wildman–Crippen MR) is 37.9 cm³/mol. The summed E-state index contributed by atoms with van der Waals surface area (Å²) < 4.78 is 16.2. The van der Waals surface area contributed by atoms with Crippen LogP contribution in [-0.4, -0.2) is 31.7 Å². The van der Waals surface area contributed by atoms with Gasteiger partial charge in [-0.3, -0.25) is 0 Å². The van der Waals surface area contributed by atoms with E-state index in [1.165, 1.54) is 0 Å². The second kappa shape index (κ2) is 2.73. The average molecular weight is 156 g/mol. The van der Waals surface area contributed by atoms with Gasteiger partial charge in [-0.25, -0.2) is 0 Å². The maximum Gasteiger partial charge on any atom is 0.194 e. The van der Waals surface area contributed by atoms with E-state index in [1.807, 2.05) is 0 Å². The third kappa shape index (κ3) is 1.28. The van der Waals surface area contributed by atoms with E-state index < -0.39 is 5.79 Å². The van der Waals surface area contributed by atoms with Gasteiger partial charge in [0.2, 0.25) is 0 Å². The third-order valence-corrected chi connectivity index (χ3v) is 2.13. The molecule has 0 aromatic carbocycles. The molecule has 2 saturated heterocycles. The van der Waals surface area contributed by atoms with E-state index in [-0.39, 0.29) is 6.10 Å². The molecule has 2 heterocycles. The van der Waals surface area contributed by atoms with Gasteiger partial charge in [-0.2, -0.15) is 0 Å². The van der Waals surface area contributed by atoms with Gasteiger partial charge in [-0.15, -0.1) is 0 Å². The largest absolute Gasteiger partial charge is 0.376 e. The lowest BCUT2D eigenvalue weighted by molar-refractivity contribution is -0.164. The minimum absolute atomic E-state index is 0.0664. The summed E-state index contributed by atoms with van der Waals surface area (Å²) in [6.45, 7) is 7.34. The highest BCUT2D eigenvalue weighted by Crippen LogP contribution is 2.32. The van der Waals surface area contributed by atoms with Crippen LogP contribution in [0.1, 0.15) is 12.8 Å². The topological polar surface area (TPSA) is 27.7 Å². The maximum absolute atomic E-state index is 5.59. The minimum atomic E-state index is -0.440. The number of hydrogen-bond donors (Lipinski definition) is 0. The van der Waals surface area contributed by atoms with E-state index in [0.29, 0.717) is 19.6 Å². The van der Waals surface area contributed by atoms with Crippen LogP contribution in [0.5, 0.6) is 0 Å². The van der Waals surface area contributed by atoms with Gasteiger partial charge < -0.3 is 14.2 Å². The molecule has 2 fully saturated rings. The van der Waals surface area contributed by atoms with Crippen LogP contribution in [0.15, 0.2) is 0 Å². The van der Waals surface area contributed by atoms with E-state index in [1.54, 1.807) is 0 Å². The summed E-state index contributed by atoms with van der Waals surface area (Å²) in [5.74, 6) is -0.440. The molecule has 62 valence electrons. The van der Waals surface area contributed by atoms with E-state index in [2.05, 4.69) is 0 Å². The molecule has 2 unspecified atom stereocenters. The van der Waals surface area contributed by atoms with Crippen LogP contribution >= 0.6 is 0 Å². The van der Waals surface area contributed by atoms with Crippen molar-refractivity contribution in [2.75, 3.05) is 19.8 Å². The van der Waals surface area contributed by atoms with Crippen molar-refractivity contribution < 1.29 is 14.2 Å². The summed E-state index contributed by atoms with van der Waals surface area (Å²) >= 11 is 0. The lowest BCUT2D eigenvalue weighted by atomic mass is 10.2. The van der Waals surface area contributed by atoms with Crippen LogP contribution < -0.4 is 0 Å². The molecule has 2 rings (SSSR count). The number of rotatable bonds is 1. The van der Waals surface area contributed by atoms with Crippen molar-refractivity contribution in [2.45, 2.75) is 24.7 Å². The highest BCUT2D eigenvalue weighted by Gasteiger charge is 2.44. The van der Waals surface area contributed by atoms with Crippen molar-refractivity contribution in [1.82, 2.24) is 0 Å². The Kier molecular flexibility index (Phi) is 1.87. The summed E-state index contributed by atoms with van der Waals surface area (Å²) in [5, 5.41) is 0. The van der Waals surface area contributed by atoms with Crippen molar-refractivity contribution in [1.29, 1.82) is 0 Å². The molecule has 3 heteroatoms. The smallest absolute Gasteiger partial charge is 0.194 e. The Hall–Kier alpha value is -0.120. The van der Waals surface area contributed by atoms with Gasteiger partial charge in [-0.05, 0) is 13.3 Å². The standard InChI is InChI=1S/C8H12O3/c1-2-7-5-10-8(11-7)3-4-9-6-8/h1,7H,2-6H2. The summed E-state index contributed by atoms with van der Waals surface area (Å²) in [5.41, 5.74) is 0. The zero-order chi connectivity index (χ0) is 7.73. The molecule has 1 spiro atoms. The Morgan fingerprint density at radius 3 is 3.00 bits per heavy atom. The minimum Gasteiger partial charge on any atom is -0.376 e. The summed E-state index contributed by atoms with van der Waals surface area (Å²) in [6.07, 6.45) is 1.43. The first-order chi connectivity index (χ1) is 5.35. The molecule has 2 radical (unpaired) electrons. The van der Waals surface area contributed by atoms with Gasteiger partial charge in [0, 0.05) is 6.42 Å². The fraction of sp³-hybridized carbons (Fsp3) is 0.875. The number of ether oxygens (including phenoxy) is 3. The Morgan fingerprint density at radius 2 is 2.45 bits per heavy atom. The Bertz CT molecular complexity index is 140. The number of hydrogen-bond acceptors (Lipinski definition) is 3. The highest BCUT2D eigenvalue weighted by molar-refractivity contribution is 4.82. The fourth-order valence-corrected chi connectivity index (χ4v) is 1.47. The zero-order valence-electron chi connectivity index (χ0n) is 6.41. The van der Waals surface area contributed by atoms with E-state index in [9.17, 15) is 0 Å². The molecule has 0 amide bonds. The van der Waals surface area contributed by atoms with Gasteiger partial charge in [0.1, 0.15) is 6.61 Å². The average Bonchev–Trinajstić information content (AvgIpc) is 2.62. The van der Waals surface area contributed by atoms with Crippen LogP contribution in [0.3, 0.4) is 0 Å². The first kappa shape index (κ1) is 7.53. The molecule has 2 atom stereocenters. The second-order valence-electron chi connectivity index (χ2n) is 3.00. The van der Waals surface area contributed by atoms with Crippen molar-refractivity contribution in [3.63, 3.8) is 0 Å². The Labute approximate surface area is 66.6 Å². The summed E-state index contributed by atoms with van der Waals surface area (Å²) in [7, 11) is 0. The summed E-state index contributed by atoms with van der Waals surface area (Å²) in [4.78, 5) is 0. The zero-order valence-corrected chi connectivity index (χ0v) is 6.41. The van der Waals surface area contributed by atoms with Crippen molar-refractivity contribution in [2.24, 2.45) is 0 Å². The quantitative estimate of drug-likeness (QED) is 0.557. The van der Waals surface area contributed by atoms with Gasteiger partial charge in [0.15, 0.2) is 5.79 Å². The predicted octanol–water partition coefficient (Wildman–Crippen LogP) is 0.620. The molecule has 0 aromatic rings.